The molecule has 88 valence electrons. The maximum Gasteiger partial charge on any atom is 0.0651 e. The van der Waals surface area contributed by atoms with Gasteiger partial charge in [0.2, 0.25) is 0 Å². The Hall–Kier alpha value is -0.640. The number of aliphatic hydroxyl groups excluding tert-OH is 2. The summed E-state index contributed by atoms with van der Waals surface area (Å²) in [6.07, 6.45) is 11.4. The highest BCUT2D eigenvalue weighted by Gasteiger charge is 1.81. The predicted octanol–water partition coefficient (Wildman–Crippen LogP) is 1.66. The number of hydrogen-bond donors (Lipinski definition) is 2. The quantitative estimate of drug-likeness (QED) is 0.429. The lowest BCUT2D eigenvalue weighted by atomic mass is 10.3. The first kappa shape index (κ1) is 14.4. The van der Waals surface area contributed by atoms with E-state index in [0.29, 0.717) is 13.2 Å². The number of ether oxygens (including phenoxy) is 1. The first-order valence-electron chi connectivity index (χ1n) is 5.51. The maximum atomic E-state index is 8.52. The standard InChI is InChI=1S/C12H22O3/c13-9-5-1-3-7-11-15-12-8-4-2-6-10-14/h3-4,7-8,13-14H,1-2,5-6,9-12H2. The van der Waals surface area contributed by atoms with Crippen molar-refractivity contribution < 1.29 is 14.9 Å². The van der Waals surface area contributed by atoms with Gasteiger partial charge in [-0.3, -0.25) is 0 Å². The fraction of sp³-hybridized carbons (Fsp3) is 0.667. The van der Waals surface area contributed by atoms with E-state index < -0.39 is 0 Å². The van der Waals surface area contributed by atoms with Crippen LogP contribution >= 0.6 is 0 Å². The number of rotatable bonds is 10. The van der Waals surface area contributed by atoms with Gasteiger partial charge in [-0.25, -0.2) is 0 Å². The fourth-order valence-corrected chi connectivity index (χ4v) is 0.994. The van der Waals surface area contributed by atoms with Crippen LogP contribution in [0.2, 0.25) is 0 Å². The summed E-state index contributed by atoms with van der Waals surface area (Å²) in [5.74, 6) is 0. The molecule has 0 unspecified atom stereocenters. The molecule has 0 saturated carbocycles. The van der Waals surface area contributed by atoms with Gasteiger partial charge in [-0.15, -0.1) is 0 Å². The van der Waals surface area contributed by atoms with E-state index >= 15 is 0 Å². The summed E-state index contributed by atoms with van der Waals surface area (Å²) < 4.78 is 5.30. The normalized spacial score (nSPS) is 11.9. The van der Waals surface area contributed by atoms with Crippen LogP contribution in [0.25, 0.3) is 0 Å². The van der Waals surface area contributed by atoms with Gasteiger partial charge in [0.1, 0.15) is 0 Å². The maximum absolute atomic E-state index is 8.52. The molecule has 0 aliphatic rings. The van der Waals surface area contributed by atoms with Gasteiger partial charge in [-0.2, -0.15) is 0 Å². The van der Waals surface area contributed by atoms with Crippen LogP contribution in [0.3, 0.4) is 0 Å². The topological polar surface area (TPSA) is 49.7 Å². The van der Waals surface area contributed by atoms with Crippen molar-refractivity contribution in [1.82, 2.24) is 0 Å². The molecule has 3 nitrogen and oxygen atoms in total. The Bertz CT molecular complexity index is 146. The van der Waals surface area contributed by atoms with Crippen molar-refractivity contribution in [3.8, 4) is 0 Å². The van der Waals surface area contributed by atoms with E-state index in [1.165, 1.54) is 0 Å². The highest BCUT2D eigenvalue weighted by molar-refractivity contribution is 4.84. The van der Waals surface area contributed by atoms with Crippen LogP contribution in [0.15, 0.2) is 24.3 Å². The molecule has 0 heterocycles. The minimum atomic E-state index is 0.249. The van der Waals surface area contributed by atoms with E-state index in [2.05, 4.69) is 0 Å². The second-order valence-corrected chi connectivity index (χ2v) is 3.21. The molecule has 0 amide bonds. The molecule has 0 aromatic heterocycles. The Labute approximate surface area is 92.1 Å². The van der Waals surface area contributed by atoms with Crippen molar-refractivity contribution in [1.29, 1.82) is 0 Å². The molecule has 0 aromatic carbocycles. The van der Waals surface area contributed by atoms with Gasteiger partial charge in [0.15, 0.2) is 0 Å². The van der Waals surface area contributed by atoms with E-state index in [1.54, 1.807) is 0 Å². The van der Waals surface area contributed by atoms with Crippen LogP contribution < -0.4 is 0 Å². The predicted molar refractivity (Wildman–Crippen MR) is 61.7 cm³/mol. The van der Waals surface area contributed by atoms with Crippen molar-refractivity contribution in [2.45, 2.75) is 25.7 Å². The third-order valence-electron chi connectivity index (χ3n) is 1.82. The zero-order valence-electron chi connectivity index (χ0n) is 9.27. The zero-order valence-corrected chi connectivity index (χ0v) is 9.27. The van der Waals surface area contributed by atoms with Gasteiger partial charge in [0.25, 0.3) is 0 Å². The third-order valence-corrected chi connectivity index (χ3v) is 1.82. The smallest absolute Gasteiger partial charge is 0.0651 e. The van der Waals surface area contributed by atoms with Crippen LogP contribution in [-0.2, 0) is 4.74 Å². The molecule has 0 aliphatic heterocycles. The number of unbranched alkanes of at least 4 members (excludes halogenated alkanes) is 2. The minimum Gasteiger partial charge on any atom is -0.396 e. The molecule has 0 fully saturated rings. The fourth-order valence-electron chi connectivity index (χ4n) is 0.994. The number of allylic oxidation sites excluding steroid dienone is 2. The first-order chi connectivity index (χ1) is 7.41. The van der Waals surface area contributed by atoms with Crippen LogP contribution in [0, 0.1) is 0 Å². The molecule has 0 atom stereocenters. The average molecular weight is 214 g/mol. The molecule has 0 aromatic rings. The second-order valence-electron chi connectivity index (χ2n) is 3.21. The van der Waals surface area contributed by atoms with Crippen molar-refractivity contribution in [2.75, 3.05) is 26.4 Å². The van der Waals surface area contributed by atoms with Gasteiger partial charge in [-0.05, 0) is 25.7 Å². The van der Waals surface area contributed by atoms with Crippen molar-refractivity contribution in [2.24, 2.45) is 0 Å². The largest absolute Gasteiger partial charge is 0.396 e. The van der Waals surface area contributed by atoms with E-state index in [0.717, 1.165) is 25.7 Å². The molecular weight excluding hydrogens is 192 g/mol. The summed E-state index contributed by atoms with van der Waals surface area (Å²) in [6, 6.07) is 0. The van der Waals surface area contributed by atoms with Gasteiger partial charge in [0, 0.05) is 13.2 Å². The third kappa shape index (κ3) is 13.4. The van der Waals surface area contributed by atoms with Crippen molar-refractivity contribution in [3.63, 3.8) is 0 Å². The molecular formula is C12H22O3. The Morgan fingerprint density at radius 2 is 1.20 bits per heavy atom. The van der Waals surface area contributed by atoms with E-state index in [-0.39, 0.29) is 13.2 Å². The SMILES string of the molecule is OCCCC=CCOCC=CCCCO. The summed E-state index contributed by atoms with van der Waals surface area (Å²) in [5, 5.41) is 17.0. The summed E-state index contributed by atoms with van der Waals surface area (Å²) in [6.45, 7) is 1.74. The highest BCUT2D eigenvalue weighted by Crippen LogP contribution is 1.91. The molecule has 3 heteroatoms. The molecule has 0 aliphatic carbocycles. The van der Waals surface area contributed by atoms with Gasteiger partial charge in [-0.1, -0.05) is 24.3 Å². The first-order valence-corrected chi connectivity index (χ1v) is 5.51. The van der Waals surface area contributed by atoms with Crippen LogP contribution in [0.5, 0.6) is 0 Å². The van der Waals surface area contributed by atoms with Crippen molar-refractivity contribution >= 4 is 0 Å². The molecule has 0 radical (unpaired) electrons. The van der Waals surface area contributed by atoms with E-state index in [4.69, 9.17) is 14.9 Å². The molecule has 0 bridgehead atoms. The Morgan fingerprint density at radius 1 is 0.733 bits per heavy atom. The van der Waals surface area contributed by atoms with Gasteiger partial charge >= 0.3 is 0 Å². The summed E-state index contributed by atoms with van der Waals surface area (Å²) in [7, 11) is 0. The lowest BCUT2D eigenvalue weighted by Gasteiger charge is -1.95. The lowest BCUT2D eigenvalue weighted by Crippen LogP contribution is -1.90. The molecule has 2 N–H and O–H groups in total. The molecule has 0 rings (SSSR count). The van der Waals surface area contributed by atoms with Crippen LogP contribution in [0.1, 0.15) is 25.7 Å². The summed E-state index contributed by atoms with van der Waals surface area (Å²) >= 11 is 0. The Morgan fingerprint density at radius 3 is 1.60 bits per heavy atom. The summed E-state index contributed by atoms with van der Waals surface area (Å²) in [4.78, 5) is 0. The average Bonchev–Trinajstić information content (AvgIpc) is 2.26. The van der Waals surface area contributed by atoms with Crippen LogP contribution in [-0.4, -0.2) is 36.6 Å². The number of aliphatic hydroxyl groups is 2. The molecule has 0 saturated heterocycles. The van der Waals surface area contributed by atoms with Crippen molar-refractivity contribution in [3.05, 3.63) is 24.3 Å². The number of hydrogen-bond acceptors (Lipinski definition) is 3. The second kappa shape index (κ2) is 13.4. The van der Waals surface area contributed by atoms with E-state index in [1.807, 2.05) is 24.3 Å². The molecule has 0 spiro atoms. The Balaban J connectivity index is 3.10. The molecule has 15 heavy (non-hydrogen) atoms. The monoisotopic (exact) mass is 214 g/mol. The van der Waals surface area contributed by atoms with Gasteiger partial charge < -0.3 is 14.9 Å². The Kier molecular flexibility index (Phi) is 12.8. The van der Waals surface area contributed by atoms with Crippen LogP contribution in [0.4, 0.5) is 0 Å². The van der Waals surface area contributed by atoms with Gasteiger partial charge in [0.05, 0.1) is 13.2 Å². The summed E-state index contributed by atoms with van der Waals surface area (Å²) in [5.41, 5.74) is 0. The zero-order chi connectivity index (χ0) is 11.2. The minimum absolute atomic E-state index is 0.249. The van der Waals surface area contributed by atoms with E-state index in [9.17, 15) is 0 Å². The lowest BCUT2D eigenvalue weighted by molar-refractivity contribution is 0.193. The highest BCUT2D eigenvalue weighted by atomic mass is 16.5.